The molecule has 2 saturated carbocycles. The largest absolute Gasteiger partial charge is 0.425 e. The lowest BCUT2D eigenvalue weighted by molar-refractivity contribution is 0.0769. The van der Waals surface area contributed by atoms with Crippen LogP contribution in [0, 0.1) is 5.92 Å². The van der Waals surface area contributed by atoms with Crippen LogP contribution in [0.2, 0.25) is 0 Å². The minimum Gasteiger partial charge on any atom is -0.425 e. The van der Waals surface area contributed by atoms with Gasteiger partial charge >= 0.3 is 0 Å². The van der Waals surface area contributed by atoms with Crippen molar-refractivity contribution >= 4 is 5.91 Å². The molecule has 1 aliphatic heterocycles. The zero-order valence-corrected chi connectivity index (χ0v) is 14.6. The number of fused-ring (bicyclic) bond motifs is 1. The molecule has 132 valence electrons. The molecule has 6 nitrogen and oxygen atoms in total. The standard InChI is InChI=1S/C19H24N4O2/c1-2-15-21-22-18(25-15)19-8-3-4-13(19)10-23(11-19)17(24)16-14(7-9-20-16)12-5-6-12/h7,9,12-13,20H,2-6,8,10-11H2,1H3/t13-,19-/m0/s1. The lowest BCUT2D eigenvalue weighted by Gasteiger charge is -2.24. The van der Waals surface area contributed by atoms with Crippen molar-refractivity contribution in [1.82, 2.24) is 20.1 Å². The Labute approximate surface area is 147 Å². The smallest absolute Gasteiger partial charge is 0.270 e. The maximum atomic E-state index is 13.2. The summed E-state index contributed by atoms with van der Waals surface area (Å²) in [6.45, 7) is 3.52. The predicted molar refractivity (Wildman–Crippen MR) is 91.4 cm³/mol. The van der Waals surface area contributed by atoms with Gasteiger partial charge in [-0.05, 0) is 49.1 Å². The van der Waals surface area contributed by atoms with Crippen LogP contribution >= 0.6 is 0 Å². The van der Waals surface area contributed by atoms with Crippen LogP contribution in [-0.2, 0) is 11.8 Å². The van der Waals surface area contributed by atoms with Crippen LogP contribution < -0.4 is 0 Å². The molecular weight excluding hydrogens is 316 g/mol. The fraction of sp³-hybridized carbons (Fsp3) is 0.632. The van der Waals surface area contributed by atoms with Crippen LogP contribution in [0.25, 0.3) is 0 Å². The lowest BCUT2D eigenvalue weighted by atomic mass is 9.80. The maximum Gasteiger partial charge on any atom is 0.270 e. The third kappa shape index (κ3) is 2.26. The average molecular weight is 340 g/mol. The van der Waals surface area contributed by atoms with Crippen LogP contribution in [0.5, 0.6) is 0 Å². The van der Waals surface area contributed by atoms with E-state index in [9.17, 15) is 4.79 Å². The lowest BCUT2D eigenvalue weighted by Crippen LogP contribution is -2.35. The minimum absolute atomic E-state index is 0.135. The summed E-state index contributed by atoms with van der Waals surface area (Å²) in [5.41, 5.74) is 1.85. The highest BCUT2D eigenvalue weighted by Crippen LogP contribution is 2.50. The molecule has 5 rings (SSSR count). The van der Waals surface area contributed by atoms with Crippen molar-refractivity contribution in [2.75, 3.05) is 13.1 Å². The summed E-state index contributed by atoms with van der Waals surface area (Å²) in [7, 11) is 0. The molecule has 0 unspecified atom stereocenters. The normalized spacial score (nSPS) is 28.5. The van der Waals surface area contributed by atoms with Crippen LogP contribution in [0.3, 0.4) is 0 Å². The zero-order chi connectivity index (χ0) is 17.0. The third-order valence-corrected chi connectivity index (χ3v) is 6.36. The van der Waals surface area contributed by atoms with Crippen molar-refractivity contribution < 1.29 is 9.21 Å². The molecule has 1 N–H and O–H groups in total. The van der Waals surface area contributed by atoms with E-state index in [0.717, 1.165) is 37.4 Å². The Balaban J connectivity index is 1.43. The molecule has 3 aliphatic rings. The summed E-state index contributed by atoms with van der Waals surface area (Å²) in [4.78, 5) is 18.4. The van der Waals surface area contributed by atoms with E-state index in [1.165, 1.54) is 24.8 Å². The number of hydrogen-bond donors (Lipinski definition) is 1. The van der Waals surface area contributed by atoms with Gasteiger partial charge in [0.2, 0.25) is 11.8 Å². The first kappa shape index (κ1) is 15.2. The molecule has 1 amide bonds. The number of H-pyrrole nitrogens is 1. The Bertz CT molecular complexity index is 806. The van der Waals surface area contributed by atoms with E-state index in [1.807, 2.05) is 18.0 Å². The molecule has 1 saturated heterocycles. The fourth-order valence-electron chi connectivity index (χ4n) is 4.85. The Morgan fingerprint density at radius 1 is 1.40 bits per heavy atom. The average Bonchev–Trinajstić information content (AvgIpc) is 3.05. The highest BCUT2D eigenvalue weighted by Gasteiger charge is 2.55. The Hall–Kier alpha value is -2.11. The van der Waals surface area contributed by atoms with Crippen molar-refractivity contribution in [3.05, 3.63) is 35.3 Å². The Morgan fingerprint density at radius 3 is 3.04 bits per heavy atom. The molecule has 6 heteroatoms. The second kappa shape index (κ2) is 5.44. The molecule has 0 spiro atoms. The number of nitrogens with one attached hydrogen (secondary N) is 1. The number of carbonyl (C=O) groups is 1. The van der Waals surface area contributed by atoms with Gasteiger partial charge in [0.25, 0.3) is 5.91 Å². The highest BCUT2D eigenvalue weighted by atomic mass is 16.4. The fourth-order valence-corrected chi connectivity index (χ4v) is 4.85. The second-order valence-corrected chi connectivity index (χ2v) is 7.87. The molecule has 3 heterocycles. The molecule has 2 aromatic heterocycles. The third-order valence-electron chi connectivity index (χ3n) is 6.36. The first-order chi connectivity index (χ1) is 12.2. The van der Waals surface area contributed by atoms with Crippen molar-refractivity contribution in [1.29, 1.82) is 0 Å². The number of nitrogens with zero attached hydrogens (tertiary/aromatic N) is 3. The van der Waals surface area contributed by atoms with Gasteiger partial charge in [0.15, 0.2) is 0 Å². The SMILES string of the molecule is CCc1nnc([C@]23CCC[C@H]2CN(C(=O)c2[nH]ccc2C2CC2)C3)o1. The molecule has 2 atom stereocenters. The molecule has 2 aromatic rings. The number of carbonyl (C=O) groups excluding carboxylic acids is 1. The van der Waals surface area contributed by atoms with Gasteiger partial charge in [-0.1, -0.05) is 13.3 Å². The summed E-state index contributed by atoms with van der Waals surface area (Å²) in [5, 5.41) is 8.53. The van der Waals surface area contributed by atoms with Gasteiger partial charge < -0.3 is 14.3 Å². The number of aromatic amines is 1. The van der Waals surface area contributed by atoms with E-state index in [4.69, 9.17) is 4.42 Å². The van der Waals surface area contributed by atoms with E-state index in [1.54, 1.807) is 0 Å². The Kier molecular flexibility index (Phi) is 3.30. The zero-order valence-electron chi connectivity index (χ0n) is 14.6. The molecule has 3 fully saturated rings. The monoisotopic (exact) mass is 340 g/mol. The first-order valence-corrected chi connectivity index (χ1v) is 9.50. The van der Waals surface area contributed by atoms with E-state index < -0.39 is 0 Å². The predicted octanol–water partition coefficient (Wildman–Crippen LogP) is 3.03. The number of likely N-dealkylation sites (tertiary alicyclic amines) is 1. The minimum atomic E-state index is -0.136. The van der Waals surface area contributed by atoms with Crippen LogP contribution in [0.1, 0.15) is 72.8 Å². The molecule has 2 aliphatic carbocycles. The van der Waals surface area contributed by atoms with Crippen molar-refractivity contribution in [2.24, 2.45) is 5.92 Å². The maximum absolute atomic E-state index is 13.2. The molecule has 0 radical (unpaired) electrons. The molecule has 25 heavy (non-hydrogen) atoms. The highest BCUT2D eigenvalue weighted by molar-refractivity contribution is 5.94. The van der Waals surface area contributed by atoms with Gasteiger partial charge in [-0.25, -0.2) is 0 Å². The van der Waals surface area contributed by atoms with Gasteiger partial charge in [-0.2, -0.15) is 0 Å². The number of aryl methyl sites for hydroxylation is 1. The summed E-state index contributed by atoms with van der Waals surface area (Å²) >= 11 is 0. The second-order valence-electron chi connectivity index (χ2n) is 7.87. The van der Waals surface area contributed by atoms with Gasteiger partial charge in [0, 0.05) is 25.7 Å². The van der Waals surface area contributed by atoms with E-state index >= 15 is 0 Å². The van der Waals surface area contributed by atoms with Gasteiger partial charge in [-0.3, -0.25) is 4.79 Å². The van der Waals surface area contributed by atoms with Crippen LogP contribution in [0.4, 0.5) is 0 Å². The Morgan fingerprint density at radius 2 is 2.28 bits per heavy atom. The summed E-state index contributed by atoms with van der Waals surface area (Å²) < 4.78 is 5.94. The number of hydrogen-bond acceptors (Lipinski definition) is 4. The summed E-state index contributed by atoms with van der Waals surface area (Å²) in [6.07, 6.45) is 8.40. The van der Waals surface area contributed by atoms with Gasteiger partial charge in [0.1, 0.15) is 5.69 Å². The first-order valence-electron chi connectivity index (χ1n) is 9.50. The molecule has 0 aromatic carbocycles. The number of amides is 1. The number of aromatic nitrogens is 3. The molecule has 0 bridgehead atoms. The summed E-state index contributed by atoms with van der Waals surface area (Å²) in [6, 6.07) is 2.07. The van der Waals surface area contributed by atoms with E-state index in [-0.39, 0.29) is 11.3 Å². The van der Waals surface area contributed by atoms with E-state index in [0.29, 0.717) is 24.3 Å². The summed E-state index contributed by atoms with van der Waals surface area (Å²) in [5.74, 6) is 2.58. The molecular formula is C19H24N4O2. The van der Waals surface area contributed by atoms with Crippen molar-refractivity contribution in [3.8, 4) is 0 Å². The topological polar surface area (TPSA) is 75.0 Å². The number of rotatable bonds is 4. The van der Waals surface area contributed by atoms with E-state index in [2.05, 4.69) is 21.2 Å². The van der Waals surface area contributed by atoms with Gasteiger partial charge in [-0.15, -0.1) is 10.2 Å². The quantitative estimate of drug-likeness (QED) is 0.928. The van der Waals surface area contributed by atoms with Gasteiger partial charge in [0.05, 0.1) is 5.41 Å². The van der Waals surface area contributed by atoms with Crippen LogP contribution in [0.15, 0.2) is 16.7 Å². The van der Waals surface area contributed by atoms with Crippen molar-refractivity contribution in [3.63, 3.8) is 0 Å². The van der Waals surface area contributed by atoms with Crippen LogP contribution in [-0.4, -0.2) is 39.1 Å². The van der Waals surface area contributed by atoms with Crippen molar-refractivity contribution in [2.45, 2.75) is 56.8 Å².